The molecular weight excluding hydrogens is 228 g/mol. The molecule has 0 amide bonds. The monoisotopic (exact) mass is 244 g/mol. The van der Waals surface area contributed by atoms with E-state index in [1.165, 1.54) is 0 Å². The summed E-state index contributed by atoms with van der Waals surface area (Å²) in [6.07, 6.45) is -0.627. The summed E-state index contributed by atoms with van der Waals surface area (Å²) in [4.78, 5) is 0. The number of ether oxygens (including phenoxy) is 2. The molecule has 0 aliphatic rings. The second kappa shape index (κ2) is 6.07. The van der Waals surface area contributed by atoms with E-state index in [1.807, 2.05) is 48.5 Å². The largest absolute Gasteiger partial charge is 0.497 e. The zero-order chi connectivity index (χ0) is 12.8. The zero-order valence-electron chi connectivity index (χ0n) is 10.2. The molecule has 0 aromatic heterocycles. The molecule has 0 saturated heterocycles. The molecule has 3 heteroatoms. The Morgan fingerprint density at radius 2 is 1.72 bits per heavy atom. The molecule has 0 bridgehead atoms. The van der Waals surface area contributed by atoms with E-state index in [2.05, 4.69) is 0 Å². The predicted octanol–water partition coefficient (Wildman–Crippen LogP) is 2.81. The van der Waals surface area contributed by atoms with Crippen molar-refractivity contribution in [2.24, 2.45) is 0 Å². The van der Waals surface area contributed by atoms with Crippen molar-refractivity contribution in [2.75, 3.05) is 13.7 Å². The average molecular weight is 244 g/mol. The van der Waals surface area contributed by atoms with Gasteiger partial charge in [-0.2, -0.15) is 0 Å². The van der Waals surface area contributed by atoms with Gasteiger partial charge in [0, 0.05) is 6.07 Å². The Bertz CT molecular complexity index is 482. The van der Waals surface area contributed by atoms with Crippen LogP contribution in [0.1, 0.15) is 11.7 Å². The Morgan fingerprint density at radius 3 is 2.44 bits per heavy atom. The van der Waals surface area contributed by atoms with Crippen LogP contribution < -0.4 is 9.47 Å². The maximum Gasteiger partial charge on any atom is 0.123 e. The van der Waals surface area contributed by atoms with Gasteiger partial charge in [-0.15, -0.1) is 0 Å². The van der Waals surface area contributed by atoms with Gasteiger partial charge in [0.15, 0.2) is 0 Å². The minimum absolute atomic E-state index is 0.219. The first-order valence-corrected chi connectivity index (χ1v) is 5.79. The van der Waals surface area contributed by atoms with E-state index in [4.69, 9.17) is 9.47 Å². The van der Waals surface area contributed by atoms with Gasteiger partial charge in [-0.3, -0.25) is 0 Å². The summed E-state index contributed by atoms with van der Waals surface area (Å²) in [6.45, 7) is 0.219. The third kappa shape index (κ3) is 3.25. The number of aliphatic hydroxyl groups excluding tert-OH is 1. The minimum atomic E-state index is -0.627. The van der Waals surface area contributed by atoms with Gasteiger partial charge in [0.25, 0.3) is 0 Å². The first-order valence-electron chi connectivity index (χ1n) is 5.79. The third-order valence-electron chi connectivity index (χ3n) is 2.63. The molecule has 18 heavy (non-hydrogen) atoms. The number of methoxy groups -OCH3 is 1. The summed E-state index contributed by atoms with van der Waals surface area (Å²) >= 11 is 0. The molecule has 3 nitrogen and oxygen atoms in total. The maximum atomic E-state index is 9.95. The van der Waals surface area contributed by atoms with E-state index in [0.717, 1.165) is 11.3 Å². The van der Waals surface area contributed by atoms with Gasteiger partial charge >= 0.3 is 0 Å². The average Bonchev–Trinajstić information content (AvgIpc) is 2.46. The lowest BCUT2D eigenvalue weighted by Crippen LogP contribution is -2.09. The molecule has 94 valence electrons. The number of rotatable bonds is 5. The first-order chi connectivity index (χ1) is 8.79. The van der Waals surface area contributed by atoms with Crippen molar-refractivity contribution in [3.05, 3.63) is 60.2 Å². The maximum absolute atomic E-state index is 9.95. The second-order valence-electron chi connectivity index (χ2n) is 3.92. The fraction of sp³-hybridized carbons (Fsp3) is 0.200. The first kappa shape index (κ1) is 12.5. The molecule has 0 heterocycles. The second-order valence-corrected chi connectivity index (χ2v) is 3.92. The van der Waals surface area contributed by atoms with Crippen molar-refractivity contribution in [3.8, 4) is 11.5 Å². The van der Waals surface area contributed by atoms with Crippen molar-refractivity contribution in [1.29, 1.82) is 0 Å². The van der Waals surface area contributed by atoms with Crippen LogP contribution in [0.2, 0.25) is 0 Å². The molecule has 0 aliphatic carbocycles. The molecule has 1 atom stereocenters. The Hall–Kier alpha value is -2.00. The summed E-state index contributed by atoms with van der Waals surface area (Å²) in [5, 5.41) is 9.95. The van der Waals surface area contributed by atoms with Gasteiger partial charge in [-0.05, 0) is 17.7 Å². The summed E-state index contributed by atoms with van der Waals surface area (Å²) in [5.41, 5.74) is 0.848. The smallest absolute Gasteiger partial charge is 0.123 e. The summed E-state index contributed by atoms with van der Waals surface area (Å²) < 4.78 is 10.6. The number of hydrogen-bond acceptors (Lipinski definition) is 3. The number of aliphatic hydroxyl groups is 1. The molecule has 0 saturated carbocycles. The number of hydrogen-bond donors (Lipinski definition) is 1. The molecule has 0 radical (unpaired) electrons. The van der Waals surface area contributed by atoms with E-state index in [9.17, 15) is 5.11 Å². The zero-order valence-corrected chi connectivity index (χ0v) is 10.2. The molecule has 0 fully saturated rings. The Labute approximate surface area is 107 Å². The third-order valence-corrected chi connectivity index (χ3v) is 2.63. The Kier molecular flexibility index (Phi) is 4.20. The van der Waals surface area contributed by atoms with Crippen LogP contribution in [0.4, 0.5) is 0 Å². The van der Waals surface area contributed by atoms with Crippen molar-refractivity contribution in [1.82, 2.24) is 0 Å². The standard InChI is InChI=1S/C15H16O3/c1-17-13-8-5-9-14(10-13)18-11-15(16)12-6-3-2-4-7-12/h2-10,15-16H,11H2,1H3/t15-/m1/s1. The van der Waals surface area contributed by atoms with E-state index >= 15 is 0 Å². The molecule has 2 aromatic rings. The fourth-order valence-electron chi connectivity index (χ4n) is 1.64. The predicted molar refractivity (Wildman–Crippen MR) is 69.9 cm³/mol. The Morgan fingerprint density at radius 1 is 1.00 bits per heavy atom. The topological polar surface area (TPSA) is 38.7 Å². The lowest BCUT2D eigenvalue weighted by molar-refractivity contribution is 0.108. The minimum Gasteiger partial charge on any atom is -0.497 e. The van der Waals surface area contributed by atoms with Crippen LogP contribution in [-0.4, -0.2) is 18.8 Å². The SMILES string of the molecule is COc1cccc(OC[C@@H](O)c2ccccc2)c1. The highest BCUT2D eigenvalue weighted by Crippen LogP contribution is 2.20. The van der Waals surface area contributed by atoms with E-state index < -0.39 is 6.10 Å². The van der Waals surface area contributed by atoms with Crippen LogP contribution in [-0.2, 0) is 0 Å². The van der Waals surface area contributed by atoms with Crippen molar-refractivity contribution in [3.63, 3.8) is 0 Å². The van der Waals surface area contributed by atoms with E-state index in [0.29, 0.717) is 5.75 Å². The van der Waals surface area contributed by atoms with Gasteiger partial charge in [-0.25, -0.2) is 0 Å². The number of benzene rings is 2. The van der Waals surface area contributed by atoms with Crippen LogP contribution >= 0.6 is 0 Å². The van der Waals surface area contributed by atoms with E-state index in [-0.39, 0.29) is 6.61 Å². The molecular formula is C15H16O3. The van der Waals surface area contributed by atoms with Crippen LogP contribution in [0.3, 0.4) is 0 Å². The molecule has 2 rings (SSSR count). The highest BCUT2D eigenvalue weighted by Gasteiger charge is 2.07. The van der Waals surface area contributed by atoms with Gasteiger partial charge in [0.1, 0.15) is 24.2 Å². The van der Waals surface area contributed by atoms with Crippen molar-refractivity contribution in [2.45, 2.75) is 6.10 Å². The summed E-state index contributed by atoms with van der Waals surface area (Å²) in [5.74, 6) is 1.42. The Balaban J connectivity index is 1.95. The van der Waals surface area contributed by atoms with Crippen LogP contribution in [0.15, 0.2) is 54.6 Å². The van der Waals surface area contributed by atoms with Crippen molar-refractivity contribution < 1.29 is 14.6 Å². The molecule has 0 spiro atoms. The molecule has 0 aliphatic heterocycles. The van der Waals surface area contributed by atoms with Crippen LogP contribution in [0.5, 0.6) is 11.5 Å². The van der Waals surface area contributed by atoms with Crippen LogP contribution in [0.25, 0.3) is 0 Å². The highest BCUT2D eigenvalue weighted by molar-refractivity contribution is 5.32. The van der Waals surface area contributed by atoms with Gasteiger partial charge in [0.2, 0.25) is 0 Å². The van der Waals surface area contributed by atoms with Crippen LogP contribution in [0, 0.1) is 0 Å². The quantitative estimate of drug-likeness (QED) is 0.879. The lowest BCUT2D eigenvalue weighted by atomic mass is 10.1. The summed E-state index contributed by atoms with van der Waals surface area (Å²) in [6, 6.07) is 16.8. The lowest BCUT2D eigenvalue weighted by Gasteiger charge is -2.13. The molecule has 2 aromatic carbocycles. The fourth-order valence-corrected chi connectivity index (χ4v) is 1.64. The normalized spacial score (nSPS) is 11.9. The van der Waals surface area contributed by atoms with Gasteiger partial charge in [0.05, 0.1) is 7.11 Å². The van der Waals surface area contributed by atoms with E-state index in [1.54, 1.807) is 13.2 Å². The summed E-state index contributed by atoms with van der Waals surface area (Å²) in [7, 11) is 1.61. The molecule has 1 N–H and O–H groups in total. The van der Waals surface area contributed by atoms with Crippen molar-refractivity contribution >= 4 is 0 Å². The molecule has 0 unspecified atom stereocenters. The highest BCUT2D eigenvalue weighted by atomic mass is 16.5. The van der Waals surface area contributed by atoms with Gasteiger partial charge < -0.3 is 14.6 Å². The van der Waals surface area contributed by atoms with Gasteiger partial charge in [-0.1, -0.05) is 36.4 Å².